The van der Waals surface area contributed by atoms with Gasteiger partial charge in [-0.2, -0.15) is 0 Å². The topological polar surface area (TPSA) is 48.1 Å². The van der Waals surface area contributed by atoms with Crippen molar-refractivity contribution in [2.45, 2.75) is 6.92 Å². The lowest BCUT2D eigenvalue weighted by atomic mass is 10.2. The Bertz CT molecular complexity index is 483. The maximum atomic E-state index is 5.86. The number of aryl methyl sites for hydroxylation is 1. The highest BCUT2D eigenvalue weighted by atomic mass is 35.5. The first-order valence-corrected chi connectivity index (χ1v) is 5.79. The minimum absolute atomic E-state index is 0.514. The molecule has 1 aromatic heterocycles. The van der Waals surface area contributed by atoms with Gasteiger partial charge >= 0.3 is 0 Å². The highest BCUT2D eigenvalue weighted by molar-refractivity contribution is 7.22. The zero-order valence-electron chi connectivity index (χ0n) is 8.29. The summed E-state index contributed by atoms with van der Waals surface area (Å²) < 4.78 is 7.07. The van der Waals surface area contributed by atoms with Crippen LogP contribution in [-0.4, -0.2) is 18.1 Å². The van der Waals surface area contributed by atoms with Gasteiger partial charge in [-0.15, -0.1) is 11.3 Å². The maximum absolute atomic E-state index is 5.86. The molecule has 0 fully saturated rings. The Morgan fingerprint density at radius 2 is 2.33 bits per heavy atom. The van der Waals surface area contributed by atoms with E-state index in [1.165, 1.54) is 11.3 Å². The van der Waals surface area contributed by atoms with Crippen molar-refractivity contribution in [2.75, 3.05) is 13.2 Å². The van der Waals surface area contributed by atoms with Crippen LogP contribution in [0.2, 0.25) is 4.47 Å². The van der Waals surface area contributed by atoms with Crippen molar-refractivity contribution in [1.29, 1.82) is 0 Å². The smallest absolute Gasteiger partial charge is 0.184 e. The molecule has 0 saturated carbocycles. The van der Waals surface area contributed by atoms with Crippen molar-refractivity contribution < 1.29 is 4.74 Å². The number of thiazole rings is 1. The lowest BCUT2D eigenvalue weighted by Crippen LogP contribution is -2.10. The lowest BCUT2D eigenvalue weighted by Gasteiger charge is -2.05. The lowest BCUT2D eigenvalue weighted by molar-refractivity contribution is 0.328. The second-order valence-electron chi connectivity index (χ2n) is 3.19. The van der Waals surface area contributed by atoms with Crippen molar-refractivity contribution in [3.05, 3.63) is 22.2 Å². The minimum Gasteiger partial charge on any atom is -0.492 e. The quantitative estimate of drug-likeness (QED) is 0.900. The van der Waals surface area contributed by atoms with Gasteiger partial charge in [-0.1, -0.05) is 11.6 Å². The predicted molar refractivity (Wildman–Crippen MR) is 63.9 cm³/mol. The van der Waals surface area contributed by atoms with Crippen molar-refractivity contribution in [1.82, 2.24) is 4.98 Å². The molecule has 0 radical (unpaired) electrons. The van der Waals surface area contributed by atoms with E-state index < -0.39 is 0 Å². The number of rotatable bonds is 3. The van der Waals surface area contributed by atoms with E-state index in [1.807, 2.05) is 19.1 Å². The number of ether oxygens (including phenoxy) is 1. The van der Waals surface area contributed by atoms with Gasteiger partial charge in [0.2, 0.25) is 0 Å². The van der Waals surface area contributed by atoms with Crippen LogP contribution < -0.4 is 10.5 Å². The summed E-state index contributed by atoms with van der Waals surface area (Å²) in [6.07, 6.45) is 0. The Kier molecular flexibility index (Phi) is 3.09. The van der Waals surface area contributed by atoms with Crippen LogP contribution in [0.4, 0.5) is 0 Å². The van der Waals surface area contributed by atoms with E-state index in [9.17, 15) is 0 Å². The van der Waals surface area contributed by atoms with Crippen LogP contribution in [0.25, 0.3) is 10.2 Å². The van der Waals surface area contributed by atoms with Crippen LogP contribution >= 0.6 is 22.9 Å². The molecule has 0 aliphatic rings. The number of halogens is 1. The van der Waals surface area contributed by atoms with Gasteiger partial charge in [-0.3, -0.25) is 0 Å². The molecule has 2 rings (SSSR count). The number of hydrogen-bond acceptors (Lipinski definition) is 4. The first-order chi connectivity index (χ1) is 7.20. The Hall–Kier alpha value is -0.840. The van der Waals surface area contributed by atoms with Crippen molar-refractivity contribution in [2.24, 2.45) is 5.73 Å². The summed E-state index contributed by atoms with van der Waals surface area (Å²) in [7, 11) is 0. The molecule has 2 N–H and O–H groups in total. The van der Waals surface area contributed by atoms with Gasteiger partial charge < -0.3 is 10.5 Å². The number of nitrogens with zero attached hydrogens (tertiary/aromatic N) is 1. The summed E-state index contributed by atoms with van der Waals surface area (Å²) in [4.78, 5) is 4.24. The molecular formula is C10H11ClN2OS. The Balaban J connectivity index is 2.42. The monoisotopic (exact) mass is 242 g/mol. The summed E-state index contributed by atoms with van der Waals surface area (Å²) in [5.41, 5.74) is 7.40. The first-order valence-electron chi connectivity index (χ1n) is 4.60. The molecule has 5 heteroatoms. The van der Waals surface area contributed by atoms with E-state index in [0.29, 0.717) is 17.6 Å². The van der Waals surface area contributed by atoms with Crippen LogP contribution in [0.1, 0.15) is 5.56 Å². The van der Waals surface area contributed by atoms with Gasteiger partial charge in [-0.05, 0) is 24.6 Å². The summed E-state index contributed by atoms with van der Waals surface area (Å²) in [6.45, 7) is 3.03. The van der Waals surface area contributed by atoms with Gasteiger partial charge in [0.25, 0.3) is 0 Å². The normalized spacial score (nSPS) is 10.9. The molecule has 0 atom stereocenters. The van der Waals surface area contributed by atoms with Gasteiger partial charge in [-0.25, -0.2) is 4.98 Å². The van der Waals surface area contributed by atoms with Gasteiger partial charge in [0.05, 0.1) is 10.2 Å². The molecule has 2 aromatic rings. The van der Waals surface area contributed by atoms with Gasteiger partial charge in [0, 0.05) is 6.54 Å². The third-order valence-corrected chi connectivity index (χ3v) is 3.13. The molecule has 1 aromatic carbocycles. The van der Waals surface area contributed by atoms with E-state index in [2.05, 4.69) is 4.98 Å². The average molecular weight is 243 g/mol. The van der Waals surface area contributed by atoms with Crippen LogP contribution in [-0.2, 0) is 0 Å². The van der Waals surface area contributed by atoms with Gasteiger partial charge in [0.15, 0.2) is 4.47 Å². The third kappa shape index (κ3) is 2.22. The molecule has 0 unspecified atom stereocenters. The number of fused-ring (bicyclic) bond motifs is 1. The van der Waals surface area contributed by atoms with E-state index in [0.717, 1.165) is 21.5 Å². The molecule has 0 aliphatic carbocycles. The standard InChI is InChI=1S/C10H11ClN2OS/c1-6-4-7(14-3-2-12)5-8-9(6)13-10(11)15-8/h4-5H,2-3,12H2,1H3. The van der Waals surface area contributed by atoms with E-state index in [-0.39, 0.29) is 0 Å². The number of hydrogen-bond donors (Lipinski definition) is 1. The summed E-state index contributed by atoms with van der Waals surface area (Å²) in [6, 6.07) is 3.90. The fraction of sp³-hybridized carbons (Fsp3) is 0.300. The van der Waals surface area contributed by atoms with E-state index in [1.54, 1.807) is 0 Å². The maximum Gasteiger partial charge on any atom is 0.184 e. The summed E-state index contributed by atoms with van der Waals surface area (Å²) in [5, 5.41) is 0. The number of nitrogens with two attached hydrogens (primary N) is 1. The molecule has 80 valence electrons. The molecule has 0 saturated heterocycles. The van der Waals surface area contributed by atoms with Crippen LogP contribution in [0.5, 0.6) is 5.75 Å². The fourth-order valence-corrected chi connectivity index (χ4v) is 2.53. The molecule has 1 heterocycles. The summed E-state index contributed by atoms with van der Waals surface area (Å²) >= 11 is 7.32. The zero-order valence-corrected chi connectivity index (χ0v) is 9.86. The average Bonchev–Trinajstić information content (AvgIpc) is 2.56. The molecule has 0 spiro atoms. The molecule has 0 bridgehead atoms. The minimum atomic E-state index is 0.514. The SMILES string of the molecule is Cc1cc(OCCN)cc2sc(Cl)nc12. The fourth-order valence-electron chi connectivity index (χ4n) is 1.40. The number of benzene rings is 1. The molecule has 3 nitrogen and oxygen atoms in total. The second-order valence-corrected chi connectivity index (χ2v) is 4.80. The van der Waals surface area contributed by atoms with Crippen molar-refractivity contribution in [3.8, 4) is 5.75 Å². The first kappa shape index (κ1) is 10.7. The Morgan fingerprint density at radius 1 is 1.53 bits per heavy atom. The van der Waals surface area contributed by atoms with Gasteiger partial charge in [0.1, 0.15) is 12.4 Å². The van der Waals surface area contributed by atoms with Crippen LogP contribution in [0.3, 0.4) is 0 Å². The van der Waals surface area contributed by atoms with Crippen molar-refractivity contribution in [3.63, 3.8) is 0 Å². The summed E-state index contributed by atoms with van der Waals surface area (Å²) in [5.74, 6) is 0.825. The molecule has 0 amide bonds. The van der Waals surface area contributed by atoms with Crippen LogP contribution in [0.15, 0.2) is 12.1 Å². The van der Waals surface area contributed by atoms with E-state index in [4.69, 9.17) is 22.1 Å². The Morgan fingerprint density at radius 3 is 3.07 bits per heavy atom. The zero-order chi connectivity index (χ0) is 10.8. The largest absolute Gasteiger partial charge is 0.492 e. The van der Waals surface area contributed by atoms with Crippen LogP contribution in [0, 0.1) is 6.92 Å². The molecule has 0 aliphatic heterocycles. The second kappa shape index (κ2) is 4.35. The van der Waals surface area contributed by atoms with E-state index >= 15 is 0 Å². The third-order valence-electron chi connectivity index (χ3n) is 2.02. The number of aromatic nitrogens is 1. The molecular weight excluding hydrogens is 232 g/mol. The molecule has 15 heavy (non-hydrogen) atoms. The Labute approximate surface area is 96.8 Å². The highest BCUT2D eigenvalue weighted by Crippen LogP contribution is 2.31. The highest BCUT2D eigenvalue weighted by Gasteiger charge is 2.07. The van der Waals surface area contributed by atoms with Crippen molar-refractivity contribution >= 4 is 33.2 Å². The predicted octanol–water partition coefficient (Wildman–Crippen LogP) is 2.60.